The molecule has 1 aromatic carbocycles. The monoisotopic (exact) mass is 428 g/mol. The number of hydrogen-bond donors (Lipinski definition) is 2. The number of carbonyl (C=O) groups excluding carboxylic acids is 1. The molecule has 7 nitrogen and oxygen atoms in total. The Labute approximate surface area is 158 Å². The van der Waals surface area contributed by atoms with Crippen molar-refractivity contribution in [3.63, 3.8) is 0 Å². The van der Waals surface area contributed by atoms with Gasteiger partial charge in [0.05, 0.1) is 24.6 Å². The largest absolute Gasteiger partial charge is 0.497 e. The summed E-state index contributed by atoms with van der Waals surface area (Å²) in [6, 6.07) is 5.20. The summed E-state index contributed by atoms with van der Waals surface area (Å²) in [4.78, 5) is 23.9. The summed E-state index contributed by atoms with van der Waals surface area (Å²) >= 11 is 9.32. The highest BCUT2D eigenvalue weighted by molar-refractivity contribution is 9.10. The predicted molar refractivity (Wildman–Crippen MR) is 101 cm³/mol. The van der Waals surface area contributed by atoms with Crippen LogP contribution in [0.1, 0.15) is 16.8 Å². The Morgan fingerprint density at radius 3 is 2.88 bits per heavy atom. The Hall–Kier alpha value is -2.06. The van der Waals surface area contributed by atoms with E-state index in [0.717, 1.165) is 0 Å². The fourth-order valence-corrected chi connectivity index (χ4v) is 2.71. The van der Waals surface area contributed by atoms with Gasteiger partial charge in [-0.2, -0.15) is 5.10 Å². The van der Waals surface area contributed by atoms with Crippen molar-refractivity contribution in [2.45, 2.75) is 6.42 Å². The van der Waals surface area contributed by atoms with Crippen molar-refractivity contribution in [2.75, 3.05) is 25.5 Å². The second kappa shape index (κ2) is 8.87. The number of ether oxygens (including phenoxy) is 1. The van der Waals surface area contributed by atoms with Crippen LogP contribution in [0.4, 0.5) is 5.69 Å². The lowest BCUT2D eigenvalue weighted by Gasteiger charge is -2.10. The lowest BCUT2D eigenvalue weighted by molar-refractivity contribution is 0.0952. The van der Waals surface area contributed by atoms with E-state index in [1.165, 1.54) is 17.9 Å². The summed E-state index contributed by atoms with van der Waals surface area (Å²) in [6.07, 6.45) is 2.15. The third kappa shape index (κ3) is 4.96. The molecule has 1 heterocycles. The molecule has 9 heteroatoms. The molecule has 25 heavy (non-hydrogen) atoms. The van der Waals surface area contributed by atoms with E-state index in [1.807, 2.05) is 0 Å². The molecule has 0 bridgehead atoms. The fourth-order valence-electron chi connectivity index (χ4n) is 2.05. The third-order valence-corrected chi connectivity index (χ3v) is 4.51. The highest BCUT2D eigenvalue weighted by Crippen LogP contribution is 2.22. The first-order chi connectivity index (χ1) is 11.9. The number of nitrogens with one attached hydrogen (secondary N) is 2. The maximum atomic E-state index is 12.2. The van der Waals surface area contributed by atoms with Crippen molar-refractivity contribution < 1.29 is 9.53 Å². The first-order valence-corrected chi connectivity index (χ1v) is 8.68. The normalized spacial score (nSPS) is 10.4. The van der Waals surface area contributed by atoms with Gasteiger partial charge >= 0.3 is 0 Å². The molecule has 2 N–H and O–H groups in total. The molecule has 0 spiro atoms. The molecule has 2 rings (SSSR count). The SMILES string of the molecule is COc1ccc(Br)c(C(=O)NCCCNc2cnn(C)c(=O)c2Cl)c1. The number of benzene rings is 1. The van der Waals surface area contributed by atoms with Gasteiger partial charge < -0.3 is 15.4 Å². The maximum absolute atomic E-state index is 12.2. The van der Waals surface area contributed by atoms with Crippen LogP contribution in [0.3, 0.4) is 0 Å². The number of nitrogens with zero attached hydrogens (tertiary/aromatic N) is 2. The fraction of sp³-hybridized carbons (Fsp3) is 0.312. The predicted octanol–water partition coefficient (Wildman–Crippen LogP) is 2.44. The van der Waals surface area contributed by atoms with E-state index in [1.54, 1.807) is 25.3 Å². The Morgan fingerprint density at radius 1 is 1.40 bits per heavy atom. The minimum Gasteiger partial charge on any atom is -0.497 e. The second-order valence-corrected chi connectivity index (χ2v) is 6.42. The topological polar surface area (TPSA) is 85.2 Å². The molecule has 0 unspecified atom stereocenters. The number of rotatable bonds is 7. The van der Waals surface area contributed by atoms with Gasteiger partial charge in [-0.25, -0.2) is 4.68 Å². The lowest BCUT2D eigenvalue weighted by atomic mass is 10.2. The standard InChI is InChI=1S/C16H18BrClN4O3/c1-22-16(24)14(18)13(9-21-22)19-6-3-7-20-15(23)11-8-10(25-2)4-5-12(11)17/h4-5,8-9,19H,3,6-7H2,1-2H3,(H,20,23). The van der Waals surface area contributed by atoms with Crippen LogP contribution in [-0.4, -0.2) is 35.9 Å². The van der Waals surface area contributed by atoms with E-state index in [9.17, 15) is 9.59 Å². The van der Waals surface area contributed by atoms with Crippen LogP contribution in [0.15, 0.2) is 33.7 Å². The zero-order valence-corrected chi connectivity index (χ0v) is 16.1. The van der Waals surface area contributed by atoms with Gasteiger partial charge in [0.2, 0.25) is 0 Å². The maximum Gasteiger partial charge on any atom is 0.287 e. The van der Waals surface area contributed by atoms with Crippen molar-refractivity contribution in [2.24, 2.45) is 7.05 Å². The minimum absolute atomic E-state index is 0.0989. The van der Waals surface area contributed by atoms with Crippen LogP contribution in [0.2, 0.25) is 5.02 Å². The molecule has 0 atom stereocenters. The van der Waals surface area contributed by atoms with E-state index in [4.69, 9.17) is 16.3 Å². The Balaban J connectivity index is 1.83. The van der Waals surface area contributed by atoms with Crippen molar-refractivity contribution >= 4 is 39.1 Å². The Morgan fingerprint density at radius 2 is 2.16 bits per heavy atom. The van der Waals surface area contributed by atoms with Crippen LogP contribution < -0.4 is 20.9 Å². The molecular formula is C16H18BrClN4O3. The van der Waals surface area contributed by atoms with Gasteiger partial charge in [-0.1, -0.05) is 11.6 Å². The molecule has 0 saturated heterocycles. The first kappa shape index (κ1) is 19.3. The molecule has 0 fully saturated rings. The van der Waals surface area contributed by atoms with E-state index >= 15 is 0 Å². The molecule has 0 aliphatic heterocycles. The molecule has 2 aromatic rings. The van der Waals surface area contributed by atoms with Gasteiger partial charge in [-0.05, 0) is 40.5 Å². The summed E-state index contributed by atoms with van der Waals surface area (Å²) < 4.78 is 6.99. The Bertz CT molecular complexity index is 826. The number of methoxy groups -OCH3 is 1. The molecule has 0 radical (unpaired) electrons. The number of carbonyl (C=O) groups is 1. The average molecular weight is 430 g/mol. The van der Waals surface area contributed by atoms with Crippen molar-refractivity contribution in [3.8, 4) is 5.75 Å². The first-order valence-electron chi connectivity index (χ1n) is 7.51. The van der Waals surface area contributed by atoms with Crippen molar-refractivity contribution in [1.82, 2.24) is 15.1 Å². The van der Waals surface area contributed by atoms with Crippen LogP contribution in [0.25, 0.3) is 0 Å². The van der Waals surface area contributed by atoms with Crippen LogP contribution in [0, 0.1) is 0 Å². The van der Waals surface area contributed by atoms with Gasteiger partial charge in [0.25, 0.3) is 11.5 Å². The summed E-state index contributed by atoms with van der Waals surface area (Å²) in [7, 11) is 3.08. The number of aromatic nitrogens is 2. The molecule has 1 amide bonds. The van der Waals surface area contributed by atoms with E-state index in [0.29, 0.717) is 41.0 Å². The van der Waals surface area contributed by atoms with Gasteiger partial charge in [0, 0.05) is 24.6 Å². The van der Waals surface area contributed by atoms with Crippen LogP contribution in [0.5, 0.6) is 5.75 Å². The van der Waals surface area contributed by atoms with Gasteiger partial charge in [-0.3, -0.25) is 9.59 Å². The lowest BCUT2D eigenvalue weighted by Crippen LogP contribution is -2.26. The number of aryl methyl sites for hydroxylation is 1. The molecule has 1 aromatic heterocycles. The second-order valence-electron chi connectivity index (χ2n) is 5.18. The highest BCUT2D eigenvalue weighted by atomic mass is 79.9. The van der Waals surface area contributed by atoms with Gasteiger partial charge in [0.1, 0.15) is 10.8 Å². The average Bonchev–Trinajstić information content (AvgIpc) is 2.61. The number of amides is 1. The Kier molecular flexibility index (Phi) is 6.83. The summed E-state index contributed by atoms with van der Waals surface area (Å²) in [5.74, 6) is 0.418. The van der Waals surface area contributed by atoms with E-state index in [-0.39, 0.29) is 16.5 Å². The zero-order chi connectivity index (χ0) is 18.4. The minimum atomic E-state index is -0.358. The van der Waals surface area contributed by atoms with Crippen LogP contribution >= 0.6 is 27.5 Å². The van der Waals surface area contributed by atoms with Gasteiger partial charge in [0.15, 0.2) is 0 Å². The molecule has 0 saturated carbocycles. The quantitative estimate of drug-likeness (QED) is 0.660. The van der Waals surface area contributed by atoms with Gasteiger partial charge in [-0.15, -0.1) is 0 Å². The molecular weight excluding hydrogens is 412 g/mol. The molecule has 0 aliphatic rings. The van der Waals surface area contributed by atoms with Crippen LogP contribution in [-0.2, 0) is 7.05 Å². The number of anilines is 1. The summed E-state index contributed by atoms with van der Waals surface area (Å²) in [5.41, 5.74) is 0.626. The number of halogens is 2. The molecule has 0 aliphatic carbocycles. The van der Waals surface area contributed by atoms with Crippen molar-refractivity contribution in [1.29, 1.82) is 0 Å². The smallest absolute Gasteiger partial charge is 0.287 e. The zero-order valence-electron chi connectivity index (χ0n) is 13.8. The van der Waals surface area contributed by atoms with E-state index in [2.05, 4.69) is 31.7 Å². The summed E-state index contributed by atoms with van der Waals surface area (Å²) in [6.45, 7) is 1.000. The van der Waals surface area contributed by atoms with E-state index < -0.39 is 0 Å². The number of hydrogen-bond acceptors (Lipinski definition) is 5. The van der Waals surface area contributed by atoms with Crippen molar-refractivity contribution in [3.05, 3.63) is 49.8 Å². The molecule has 134 valence electrons. The highest BCUT2D eigenvalue weighted by Gasteiger charge is 2.11. The summed E-state index contributed by atoms with van der Waals surface area (Å²) in [5, 5.41) is 9.87. The third-order valence-electron chi connectivity index (χ3n) is 3.45.